The van der Waals surface area contributed by atoms with Crippen LogP contribution in [-0.2, 0) is 4.79 Å². The molecule has 32 heavy (non-hydrogen) atoms. The molecule has 1 N–H and O–H groups in total. The van der Waals surface area contributed by atoms with Gasteiger partial charge in [0, 0.05) is 11.3 Å². The van der Waals surface area contributed by atoms with Gasteiger partial charge in [0.05, 0.1) is 12.0 Å². The molecule has 0 fully saturated rings. The van der Waals surface area contributed by atoms with Gasteiger partial charge < -0.3 is 5.11 Å². The summed E-state index contributed by atoms with van der Waals surface area (Å²) in [6.07, 6.45) is 0. The molecule has 158 valence electrons. The summed E-state index contributed by atoms with van der Waals surface area (Å²) in [5, 5.41) is 10.8. The Hall–Kier alpha value is -3.85. The molecule has 1 heterocycles. The van der Waals surface area contributed by atoms with Crippen molar-refractivity contribution in [3.05, 3.63) is 130 Å². The number of fused-ring (bicyclic) bond motifs is 1. The number of carbonyl (C=O) groups is 1. The van der Waals surface area contributed by atoms with Gasteiger partial charge >= 0.3 is 0 Å². The Morgan fingerprint density at radius 1 is 0.719 bits per heavy atom. The minimum absolute atomic E-state index is 0.0255. The first-order valence-electron chi connectivity index (χ1n) is 10.9. The number of carbonyl (C=O) groups excluding carboxylic acids is 1. The van der Waals surface area contributed by atoms with Gasteiger partial charge in [-0.2, -0.15) is 0 Å². The Morgan fingerprint density at radius 3 is 1.88 bits per heavy atom. The molecule has 4 aromatic carbocycles. The van der Waals surface area contributed by atoms with Crippen molar-refractivity contribution in [3.8, 4) is 5.75 Å². The molecule has 3 nitrogen and oxygen atoms in total. The van der Waals surface area contributed by atoms with Gasteiger partial charge in [-0.1, -0.05) is 84.9 Å². The van der Waals surface area contributed by atoms with Crippen molar-refractivity contribution in [2.45, 2.75) is 25.8 Å². The Kier molecular flexibility index (Phi) is 5.02. The maximum Gasteiger partial charge on any atom is 0.240 e. The van der Waals surface area contributed by atoms with Gasteiger partial charge in [0.2, 0.25) is 5.91 Å². The number of phenolic OH excluding ortho intramolecular Hbond substituents is 1. The molecule has 1 unspecified atom stereocenters. The first-order valence-corrected chi connectivity index (χ1v) is 10.9. The zero-order valence-electron chi connectivity index (χ0n) is 18.2. The summed E-state index contributed by atoms with van der Waals surface area (Å²) in [6, 6.07) is 31.6. The van der Waals surface area contributed by atoms with Crippen LogP contribution < -0.4 is 4.90 Å². The molecule has 0 aromatic heterocycles. The monoisotopic (exact) mass is 419 g/mol. The molecule has 1 amide bonds. The molecule has 0 bridgehead atoms. The van der Waals surface area contributed by atoms with Gasteiger partial charge in [-0.25, -0.2) is 0 Å². The van der Waals surface area contributed by atoms with E-state index in [-0.39, 0.29) is 17.7 Å². The first kappa shape index (κ1) is 20.1. The second-order valence-electron chi connectivity index (χ2n) is 8.42. The number of aryl methyl sites for hydroxylation is 2. The third kappa shape index (κ3) is 3.27. The molecule has 5 rings (SSSR count). The third-order valence-corrected chi connectivity index (χ3v) is 6.43. The quantitative estimate of drug-likeness (QED) is 0.423. The van der Waals surface area contributed by atoms with Crippen LogP contribution >= 0.6 is 0 Å². The van der Waals surface area contributed by atoms with E-state index in [0.717, 1.165) is 33.5 Å². The maximum absolute atomic E-state index is 14.1. The van der Waals surface area contributed by atoms with Crippen molar-refractivity contribution in [3.63, 3.8) is 0 Å². The SMILES string of the molecule is Cc1cc(O)c(C2C(=O)N(C(c3ccccc3)c3ccccc3)c3ccccc32)cc1C. The van der Waals surface area contributed by atoms with E-state index < -0.39 is 5.92 Å². The van der Waals surface area contributed by atoms with Crippen molar-refractivity contribution >= 4 is 11.6 Å². The molecule has 1 atom stereocenters. The lowest BCUT2D eigenvalue weighted by Gasteiger charge is -2.30. The molecule has 0 spiro atoms. The highest BCUT2D eigenvalue weighted by molar-refractivity contribution is 6.08. The fourth-order valence-electron chi connectivity index (χ4n) is 4.72. The zero-order valence-corrected chi connectivity index (χ0v) is 18.2. The van der Waals surface area contributed by atoms with Crippen LogP contribution in [0.2, 0.25) is 0 Å². The molecule has 3 heteroatoms. The van der Waals surface area contributed by atoms with Crippen molar-refractivity contribution < 1.29 is 9.90 Å². The van der Waals surface area contributed by atoms with Gasteiger partial charge in [-0.05, 0) is 53.8 Å². The van der Waals surface area contributed by atoms with Crippen molar-refractivity contribution in [1.82, 2.24) is 0 Å². The lowest BCUT2D eigenvalue weighted by atomic mass is 9.89. The number of benzene rings is 4. The number of rotatable bonds is 4. The van der Waals surface area contributed by atoms with E-state index in [1.165, 1.54) is 0 Å². The third-order valence-electron chi connectivity index (χ3n) is 6.43. The van der Waals surface area contributed by atoms with Crippen molar-refractivity contribution in [2.24, 2.45) is 0 Å². The van der Waals surface area contributed by atoms with Gasteiger partial charge in [-0.15, -0.1) is 0 Å². The summed E-state index contributed by atoms with van der Waals surface area (Å²) in [4.78, 5) is 16.0. The molecular formula is C29H25NO2. The van der Waals surface area contributed by atoms with E-state index in [2.05, 4.69) is 24.3 Å². The number of anilines is 1. The van der Waals surface area contributed by atoms with E-state index in [1.54, 1.807) is 6.07 Å². The van der Waals surface area contributed by atoms with Crippen molar-refractivity contribution in [2.75, 3.05) is 4.90 Å². The molecule has 4 aromatic rings. The van der Waals surface area contributed by atoms with Gasteiger partial charge in [-0.3, -0.25) is 9.69 Å². The summed E-state index contributed by atoms with van der Waals surface area (Å²) in [5.41, 5.74) is 6.63. The maximum atomic E-state index is 14.1. The summed E-state index contributed by atoms with van der Waals surface area (Å²) in [5.74, 6) is -0.401. The van der Waals surface area contributed by atoms with E-state index in [4.69, 9.17) is 0 Å². The summed E-state index contributed by atoms with van der Waals surface area (Å²) >= 11 is 0. The fraction of sp³-hybridized carbons (Fsp3) is 0.138. The molecule has 0 radical (unpaired) electrons. The Morgan fingerprint density at radius 2 is 1.25 bits per heavy atom. The average molecular weight is 420 g/mol. The van der Waals surface area contributed by atoms with Gasteiger partial charge in [0.25, 0.3) is 0 Å². The largest absolute Gasteiger partial charge is 0.508 e. The number of phenols is 1. The number of hydrogen-bond donors (Lipinski definition) is 1. The summed E-state index contributed by atoms with van der Waals surface area (Å²) in [6.45, 7) is 3.98. The highest BCUT2D eigenvalue weighted by Crippen LogP contribution is 2.48. The van der Waals surface area contributed by atoms with Crippen LogP contribution in [0.5, 0.6) is 5.75 Å². The van der Waals surface area contributed by atoms with Crippen LogP contribution in [0.1, 0.15) is 45.3 Å². The van der Waals surface area contributed by atoms with Crippen molar-refractivity contribution in [1.29, 1.82) is 0 Å². The number of para-hydroxylation sites is 1. The number of hydrogen-bond acceptors (Lipinski definition) is 2. The Balaban J connectivity index is 1.71. The molecule has 0 aliphatic carbocycles. The number of aromatic hydroxyl groups is 1. The van der Waals surface area contributed by atoms with E-state index in [1.807, 2.05) is 85.5 Å². The van der Waals surface area contributed by atoms with Gasteiger partial charge in [0.15, 0.2) is 0 Å². The Labute approximate surface area is 188 Å². The molecule has 1 aliphatic heterocycles. The van der Waals surface area contributed by atoms with Crippen LogP contribution in [-0.4, -0.2) is 11.0 Å². The van der Waals surface area contributed by atoms with Gasteiger partial charge in [0.1, 0.15) is 5.75 Å². The fourth-order valence-corrected chi connectivity index (χ4v) is 4.72. The van der Waals surface area contributed by atoms with Crippen LogP contribution in [0.3, 0.4) is 0 Å². The normalized spacial score (nSPS) is 15.3. The predicted octanol–water partition coefficient (Wildman–Crippen LogP) is 6.28. The van der Waals surface area contributed by atoms with E-state index in [9.17, 15) is 9.90 Å². The second-order valence-corrected chi connectivity index (χ2v) is 8.42. The van der Waals surface area contributed by atoms with E-state index in [0.29, 0.717) is 5.56 Å². The highest BCUT2D eigenvalue weighted by atomic mass is 16.3. The van der Waals surface area contributed by atoms with Crippen LogP contribution in [0, 0.1) is 13.8 Å². The zero-order chi connectivity index (χ0) is 22.2. The average Bonchev–Trinajstić information content (AvgIpc) is 3.10. The topological polar surface area (TPSA) is 40.5 Å². The van der Waals surface area contributed by atoms with Crippen LogP contribution in [0.15, 0.2) is 97.1 Å². The molecule has 1 aliphatic rings. The number of amides is 1. The minimum atomic E-state index is -0.541. The van der Waals surface area contributed by atoms with Crippen LogP contribution in [0.25, 0.3) is 0 Å². The Bertz CT molecular complexity index is 1240. The summed E-state index contributed by atoms with van der Waals surface area (Å²) < 4.78 is 0. The first-order chi connectivity index (χ1) is 15.6. The van der Waals surface area contributed by atoms with Crippen LogP contribution in [0.4, 0.5) is 5.69 Å². The summed E-state index contributed by atoms with van der Waals surface area (Å²) in [7, 11) is 0. The smallest absolute Gasteiger partial charge is 0.240 e. The molecule has 0 saturated carbocycles. The predicted molar refractivity (Wildman–Crippen MR) is 128 cm³/mol. The highest BCUT2D eigenvalue weighted by Gasteiger charge is 2.43. The number of nitrogens with zero attached hydrogens (tertiary/aromatic N) is 1. The van der Waals surface area contributed by atoms with E-state index >= 15 is 0 Å². The minimum Gasteiger partial charge on any atom is -0.508 e. The molecule has 0 saturated heterocycles. The standard InChI is InChI=1S/C29H25NO2/c1-19-17-24(26(31)18-20(19)2)27-23-15-9-10-16-25(23)30(29(27)32)28(21-11-5-3-6-12-21)22-13-7-4-8-14-22/h3-18,27-28,31H,1-2H3. The lowest BCUT2D eigenvalue weighted by Crippen LogP contribution is -2.34. The molecular weight excluding hydrogens is 394 g/mol. The lowest BCUT2D eigenvalue weighted by molar-refractivity contribution is -0.118. The second kappa shape index (κ2) is 8.01.